The average Bonchev–Trinajstić information content (AvgIpc) is 3.82. The second-order valence-corrected chi connectivity index (χ2v) is 14.9. The summed E-state index contributed by atoms with van der Waals surface area (Å²) in [4.78, 5) is 0. The Morgan fingerprint density at radius 1 is 0.387 bits per heavy atom. The highest BCUT2D eigenvalue weighted by atomic mass is 19.4. The number of nitrogens with zero attached hydrogens (tertiary/aromatic N) is 6. The molecule has 8 aromatic carbocycles. The monoisotopic (exact) mass is 804 g/mol. The molecule has 0 fully saturated rings. The lowest BCUT2D eigenvalue weighted by atomic mass is 9.94. The Labute approximate surface area is 352 Å². The Bertz CT molecular complexity index is 3500. The average molecular weight is 805 g/mol. The lowest BCUT2D eigenvalue weighted by molar-refractivity contribution is -0.137. The van der Waals surface area contributed by atoms with Gasteiger partial charge in [0.15, 0.2) is 0 Å². The number of fused-ring (bicyclic) bond motifs is 6. The maximum Gasteiger partial charge on any atom is 0.416 e. The van der Waals surface area contributed by atoms with Crippen LogP contribution in [0, 0.1) is 45.3 Å². The minimum absolute atomic E-state index is 0.111. The first-order valence-electron chi connectivity index (χ1n) is 19.5. The van der Waals surface area contributed by atoms with Crippen LogP contribution < -0.4 is 0 Å². The molecule has 62 heavy (non-hydrogen) atoms. The molecule has 2 aromatic heterocycles. The molecule has 0 saturated carbocycles. The number of aromatic nitrogens is 2. The first-order chi connectivity index (χ1) is 30.2. The summed E-state index contributed by atoms with van der Waals surface area (Å²) in [5.74, 6) is 0. The van der Waals surface area contributed by atoms with Gasteiger partial charge in [-0.05, 0) is 94.5 Å². The minimum atomic E-state index is -4.79. The lowest BCUT2D eigenvalue weighted by Gasteiger charge is -2.22. The molecule has 0 unspecified atom stereocenters. The second-order valence-electron chi connectivity index (χ2n) is 14.9. The fourth-order valence-electron chi connectivity index (χ4n) is 8.78. The van der Waals surface area contributed by atoms with Gasteiger partial charge < -0.3 is 9.13 Å². The zero-order chi connectivity index (χ0) is 42.7. The first-order valence-corrected chi connectivity index (χ1v) is 19.5. The van der Waals surface area contributed by atoms with Crippen molar-refractivity contribution in [1.82, 2.24) is 9.13 Å². The Kier molecular flexibility index (Phi) is 8.70. The smallest absolute Gasteiger partial charge is 0.308 e. The molecule has 0 atom stereocenters. The highest BCUT2D eigenvalue weighted by Gasteiger charge is 2.33. The number of halogens is 3. The Hall–Kier alpha value is -8.89. The number of hydrogen-bond acceptors (Lipinski definition) is 4. The van der Waals surface area contributed by atoms with Crippen LogP contribution in [0.2, 0.25) is 0 Å². The minimum Gasteiger partial charge on any atom is -0.308 e. The van der Waals surface area contributed by atoms with E-state index in [-0.39, 0.29) is 16.7 Å². The highest BCUT2D eigenvalue weighted by molar-refractivity contribution is 6.13. The van der Waals surface area contributed by atoms with E-state index in [9.17, 15) is 34.2 Å². The molecule has 0 bridgehead atoms. The number of nitriles is 4. The van der Waals surface area contributed by atoms with Crippen molar-refractivity contribution >= 4 is 43.6 Å². The van der Waals surface area contributed by atoms with E-state index in [1.165, 1.54) is 6.07 Å². The fourth-order valence-corrected chi connectivity index (χ4v) is 8.78. The molecule has 9 heteroatoms. The Balaban J connectivity index is 1.40. The molecule has 0 aliphatic carbocycles. The van der Waals surface area contributed by atoms with Crippen molar-refractivity contribution in [2.24, 2.45) is 0 Å². The summed E-state index contributed by atoms with van der Waals surface area (Å²) in [6, 6.07) is 57.2. The molecule has 0 spiro atoms. The van der Waals surface area contributed by atoms with Gasteiger partial charge in [-0.3, -0.25) is 0 Å². The maximum absolute atomic E-state index is 14.8. The predicted molar refractivity (Wildman–Crippen MR) is 235 cm³/mol. The molecule has 10 aromatic rings. The normalized spacial score (nSPS) is 11.4. The number of para-hydroxylation sites is 2. The third-order valence-corrected chi connectivity index (χ3v) is 11.5. The van der Waals surface area contributed by atoms with Gasteiger partial charge in [0.05, 0.1) is 85.5 Å². The van der Waals surface area contributed by atoms with Crippen LogP contribution in [0.5, 0.6) is 0 Å². The van der Waals surface area contributed by atoms with E-state index in [4.69, 9.17) is 0 Å². The third kappa shape index (κ3) is 5.93. The van der Waals surface area contributed by atoms with Crippen molar-refractivity contribution in [3.05, 3.63) is 192 Å². The van der Waals surface area contributed by atoms with Crippen molar-refractivity contribution in [1.29, 1.82) is 21.0 Å². The van der Waals surface area contributed by atoms with E-state index in [1.807, 2.05) is 124 Å². The van der Waals surface area contributed by atoms with E-state index in [1.54, 1.807) is 36.4 Å². The summed E-state index contributed by atoms with van der Waals surface area (Å²) in [6.07, 6.45) is -4.79. The van der Waals surface area contributed by atoms with Gasteiger partial charge in [0.2, 0.25) is 0 Å². The first kappa shape index (κ1) is 37.4. The molecular weight excluding hydrogens is 778 g/mol. The van der Waals surface area contributed by atoms with Gasteiger partial charge in [-0.1, -0.05) is 97.1 Å². The van der Waals surface area contributed by atoms with Crippen LogP contribution in [-0.2, 0) is 6.18 Å². The molecular formula is C53H27F3N6. The van der Waals surface area contributed by atoms with Gasteiger partial charge in [0, 0.05) is 27.1 Å². The van der Waals surface area contributed by atoms with Crippen LogP contribution in [-0.4, -0.2) is 9.13 Å². The molecule has 0 radical (unpaired) electrons. The molecule has 0 aliphatic heterocycles. The topological polar surface area (TPSA) is 105 Å². The molecule has 0 saturated heterocycles. The molecule has 2 heterocycles. The summed E-state index contributed by atoms with van der Waals surface area (Å²) in [6.45, 7) is 0. The molecule has 10 rings (SSSR count). The largest absolute Gasteiger partial charge is 0.416 e. The highest BCUT2D eigenvalue weighted by Crippen LogP contribution is 2.45. The van der Waals surface area contributed by atoms with Crippen LogP contribution >= 0.6 is 0 Å². The summed E-state index contributed by atoms with van der Waals surface area (Å²) in [5.41, 5.74) is 6.95. The Morgan fingerprint density at radius 3 is 1.29 bits per heavy atom. The maximum atomic E-state index is 14.8. The van der Waals surface area contributed by atoms with Crippen LogP contribution in [0.3, 0.4) is 0 Å². The van der Waals surface area contributed by atoms with Gasteiger partial charge in [-0.15, -0.1) is 0 Å². The summed E-state index contributed by atoms with van der Waals surface area (Å²) >= 11 is 0. The third-order valence-electron chi connectivity index (χ3n) is 11.5. The van der Waals surface area contributed by atoms with Crippen molar-refractivity contribution in [2.45, 2.75) is 6.18 Å². The predicted octanol–water partition coefficient (Wildman–Crippen LogP) is 13.4. The van der Waals surface area contributed by atoms with E-state index in [0.29, 0.717) is 50.2 Å². The molecule has 0 aliphatic rings. The summed E-state index contributed by atoms with van der Waals surface area (Å²) < 4.78 is 48.4. The molecule has 0 amide bonds. The van der Waals surface area contributed by atoms with E-state index >= 15 is 0 Å². The van der Waals surface area contributed by atoms with Crippen LogP contribution in [0.15, 0.2) is 164 Å². The van der Waals surface area contributed by atoms with E-state index in [0.717, 1.165) is 55.8 Å². The van der Waals surface area contributed by atoms with E-state index < -0.39 is 11.7 Å². The standard InChI is InChI=1S/C53H27F3N6/c54-53(55,56)39-22-32(28-57)21-38(25-39)52-50(61-46-15-7-5-13-42(46)44-19-17-34(26-48(44)61)40-11-3-1-9-36(40)30-59)23-33(29-58)24-51(52)62-47-16-8-6-14-43(47)45-20-18-35(27-49(45)62)41-12-4-2-10-37(41)31-60/h1-27H. The molecule has 0 N–H and O–H groups in total. The number of benzene rings is 8. The van der Waals surface area contributed by atoms with Crippen molar-refractivity contribution in [2.75, 3.05) is 0 Å². The molecule has 290 valence electrons. The van der Waals surface area contributed by atoms with Gasteiger partial charge in [0.1, 0.15) is 0 Å². The van der Waals surface area contributed by atoms with Crippen LogP contribution in [0.25, 0.3) is 88.4 Å². The summed E-state index contributed by atoms with van der Waals surface area (Å²) in [7, 11) is 0. The number of alkyl halides is 3. The van der Waals surface area contributed by atoms with Gasteiger partial charge in [-0.2, -0.15) is 34.2 Å². The van der Waals surface area contributed by atoms with Crippen LogP contribution in [0.4, 0.5) is 13.2 Å². The summed E-state index contributed by atoms with van der Waals surface area (Å²) in [5, 5.41) is 44.5. The SMILES string of the molecule is N#Cc1cc(-c2c(-n3c4ccccc4c4ccc(-c5ccccc5C#N)cc43)cc(C#N)cc2-n2c3ccccc3c3ccc(-c4ccccc4C#N)cc32)cc(C(F)(F)F)c1. The van der Waals surface area contributed by atoms with Crippen molar-refractivity contribution in [3.8, 4) is 69.0 Å². The number of hydrogen-bond donors (Lipinski definition) is 0. The van der Waals surface area contributed by atoms with Crippen LogP contribution in [0.1, 0.15) is 27.8 Å². The second kappa shape index (κ2) is 14.4. The van der Waals surface area contributed by atoms with Gasteiger partial charge in [-0.25, -0.2) is 0 Å². The number of rotatable bonds is 5. The van der Waals surface area contributed by atoms with Gasteiger partial charge in [0.25, 0.3) is 0 Å². The fraction of sp³-hybridized carbons (Fsp3) is 0.0189. The zero-order valence-electron chi connectivity index (χ0n) is 32.4. The van der Waals surface area contributed by atoms with Gasteiger partial charge >= 0.3 is 6.18 Å². The van der Waals surface area contributed by atoms with Crippen molar-refractivity contribution < 1.29 is 13.2 Å². The zero-order valence-corrected chi connectivity index (χ0v) is 32.4. The lowest BCUT2D eigenvalue weighted by Crippen LogP contribution is -2.08. The Morgan fingerprint density at radius 2 is 0.823 bits per heavy atom. The van der Waals surface area contributed by atoms with Crippen molar-refractivity contribution in [3.63, 3.8) is 0 Å². The van der Waals surface area contributed by atoms with E-state index in [2.05, 4.69) is 18.2 Å². The quantitative estimate of drug-likeness (QED) is 0.173. The molecule has 6 nitrogen and oxygen atoms in total.